The standard InChI is InChI=1S/C51H93NO5/c1-4-7-10-13-16-19-21-23-24-25-27-28-31-34-37-40-43-49(54)48(46-53)52-50(55)45-47(42-39-36-33-30-18-15-12-9-6-3)57-51(56)44-41-38-35-32-29-26-22-20-17-14-11-8-5-2/h8,11,14-15,17-18,20,22,47-49,53-54H,4-7,9-10,12-13,16,19,21,23-46H2,1-3H3,(H,52,55)/b11-8+,17-14+,18-15-,22-20-. The molecule has 0 rings (SSSR count). The summed E-state index contributed by atoms with van der Waals surface area (Å²) in [6.45, 7) is 6.30. The lowest BCUT2D eigenvalue weighted by Gasteiger charge is -2.24. The van der Waals surface area contributed by atoms with Crippen molar-refractivity contribution in [2.24, 2.45) is 0 Å². The number of hydrogen-bond donors (Lipinski definition) is 3. The molecule has 6 nitrogen and oxygen atoms in total. The second kappa shape index (κ2) is 44.9. The third-order valence-corrected chi connectivity index (χ3v) is 11.0. The Hall–Kier alpha value is -2.18. The molecule has 0 aliphatic heterocycles. The molecular weight excluding hydrogens is 707 g/mol. The molecule has 3 N–H and O–H groups in total. The van der Waals surface area contributed by atoms with Crippen molar-refractivity contribution in [2.75, 3.05) is 6.61 Å². The van der Waals surface area contributed by atoms with Gasteiger partial charge < -0.3 is 20.3 Å². The first-order chi connectivity index (χ1) is 28.0. The Morgan fingerprint density at radius 2 is 0.982 bits per heavy atom. The number of aliphatic hydroxyl groups is 2. The Kier molecular flexibility index (Phi) is 43.2. The van der Waals surface area contributed by atoms with Crippen LogP contribution in [0.4, 0.5) is 0 Å². The number of nitrogens with one attached hydrogen (secondary N) is 1. The van der Waals surface area contributed by atoms with Gasteiger partial charge in [0.25, 0.3) is 0 Å². The number of aliphatic hydroxyl groups excluding tert-OH is 2. The first-order valence-corrected chi connectivity index (χ1v) is 24.4. The van der Waals surface area contributed by atoms with Crippen LogP contribution in [-0.2, 0) is 14.3 Å². The van der Waals surface area contributed by atoms with E-state index in [4.69, 9.17) is 4.74 Å². The van der Waals surface area contributed by atoms with Crippen molar-refractivity contribution < 1.29 is 24.5 Å². The van der Waals surface area contributed by atoms with E-state index in [0.717, 1.165) is 96.3 Å². The summed E-state index contributed by atoms with van der Waals surface area (Å²) < 4.78 is 5.88. The van der Waals surface area contributed by atoms with Gasteiger partial charge in [-0.25, -0.2) is 0 Å². The topological polar surface area (TPSA) is 95.9 Å². The molecule has 332 valence electrons. The normalized spacial score (nSPS) is 13.7. The average molecular weight is 800 g/mol. The highest BCUT2D eigenvalue weighted by molar-refractivity contribution is 5.77. The van der Waals surface area contributed by atoms with Gasteiger partial charge in [-0.3, -0.25) is 9.59 Å². The van der Waals surface area contributed by atoms with Crippen LogP contribution in [0.3, 0.4) is 0 Å². The first-order valence-electron chi connectivity index (χ1n) is 24.4. The zero-order valence-electron chi connectivity index (χ0n) is 37.7. The third kappa shape index (κ3) is 40.4. The van der Waals surface area contributed by atoms with E-state index in [0.29, 0.717) is 19.3 Å². The van der Waals surface area contributed by atoms with Crippen molar-refractivity contribution in [3.63, 3.8) is 0 Å². The Morgan fingerprint density at radius 3 is 1.54 bits per heavy atom. The molecule has 0 fully saturated rings. The van der Waals surface area contributed by atoms with Crippen LogP contribution in [-0.4, -0.2) is 46.9 Å². The highest BCUT2D eigenvalue weighted by atomic mass is 16.5. The van der Waals surface area contributed by atoms with Crippen molar-refractivity contribution in [3.8, 4) is 0 Å². The van der Waals surface area contributed by atoms with E-state index in [1.54, 1.807) is 0 Å². The molecular formula is C51H93NO5. The molecule has 3 unspecified atom stereocenters. The largest absolute Gasteiger partial charge is 0.462 e. The molecule has 0 heterocycles. The van der Waals surface area contributed by atoms with Crippen LogP contribution in [0.2, 0.25) is 0 Å². The van der Waals surface area contributed by atoms with Gasteiger partial charge in [-0.15, -0.1) is 0 Å². The highest BCUT2D eigenvalue weighted by Gasteiger charge is 2.24. The van der Waals surface area contributed by atoms with E-state index >= 15 is 0 Å². The molecule has 1 amide bonds. The molecule has 57 heavy (non-hydrogen) atoms. The van der Waals surface area contributed by atoms with Gasteiger partial charge in [0.15, 0.2) is 0 Å². The molecule has 0 aromatic heterocycles. The van der Waals surface area contributed by atoms with Gasteiger partial charge in [-0.2, -0.15) is 0 Å². The molecule has 0 saturated carbocycles. The quantitative estimate of drug-likeness (QED) is 0.0247. The fourth-order valence-corrected chi connectivity index (χ4v) is 7.23. The summed E-state index contributed by atoms with van der Waals surface area (Å²) in [6, 6.07) is -0.709. The van der Waals surface area contributed by atoms with E-state index in [2.05, 4.69) is 74.7 Å². The van der Waals surface area contributed by atoms with Gasteiger partial charge in [0.05, 0.1) is 25.2 Å². The second-order valence-corrected chi connectivity index (χ2v) is 16.5. The van der Waals surface area contributed by atoms with Crippen LogP contribution in [0.25, 0.3) is 0 Å². The summed E-state index contributed by atoms with van der Waals surface area (Å²) in [5.74, 6) is -0.514. The predicted octanol–water partition coefficient (Wildman–Crippen LogP) is 14.3. The van der Waals surface area contributed by atoms with E-state index in [1.807, 2.05) is 0 Å². The monoisotopic (exact) mass is 800 g/mol. The molecule has 0 aliphatic carbocycles. The minimum absolute atomic E-state index is 0.0581. The Morgan fingerprint density at radius 1 is 0.526 bits per heavy atom. The number of hydrogen-bond acceptors (Lipinski definition) is 5. The fourth-order valence-electron chi connectivity index (χ4n) is 7.23. The minimum Gasteiger partial charge on any atom is -0.462 e. The summed E-state index contributed by atoms with van der Waals surface area (Å²) >= 11 is 0. The van der Waals surface area contributed by atoms with E-state index in [9.17, 15) is 19.8 Å². The van der Waals surface area contributed by atoms with E-state index in [1.165, 1.54) is 96.3 Å². The molecule has 6 heteroatoms. The maximum atomic E-state index is 13.1. The molecule has 0 bridgehead atoms. The predicted molar refractivity (Wildman–Crippen MR) is 245 cm³/mol. The van der Waals surface area contributed by atoms with Gasteiger partial charge >= 0.3 is 5.97 Å². The highest BCUT2D eigenvalue weighted by Crippen LogP contribution is 2.17. The lowest BCUT2D eigenvalue weighted by Crippen LogP contribution is -2.46. The Bertz CT molecular complexity index is 988. The Labute approximate surface area is 353 Å². The summed E-state index contributed by atoms with van der Waals surface area (Å²) in [6.07, 6.45) is 53.2. The summed E-state index contributed by atoms with van der Waals surface area (Å²) in [4.78, 5) is 26.0. The molecule has 0 aromatic carbocycles. The van der Waals surface area contributed by atoms with Gasteiger partial charge in [-0.05, 0) is 64.2 Å². The molecule has 0 spiro atoms. The van der Waals surface area contributed by atoms with Gasteiger partial charge in [0, 0.05) is 6.42 Å². The van der Waals surface area contributed by atoms with Crippen LogP contribution < -0.4 is 5.32 Å². The molecule has 3 atom stereocenters. The smallest absolute Gasteiger partial charge is 0.306 e. The van der Waals surface area contributed by atoms with Crippen molar-refractivity contribution >= 4 is 11.9 Å². The summed E-state index contributed by atoms with van der Waals surface area (Å²) in [5, 5.41) is 23.7. The van der Waals surface area contributed by atoms with Crippen LogP contribution in [0.5, 0.6) is 0 Å². The minimum atomic E-state index is -0.794. The van der Waals surface area contributed by atoms with Crippen LogP contribution in [0.15, 0.2) is 48.6 Å². The number of unbranched alkanes of at least 4 members (excludes halogenated alkanes) is 25. The zero-order valence-corrected chi connectivity index (χ0v) is 37.7. The molecule has 0 radical (unpaired) electrons. The van der Waals surface area contributed by atoms with Crippen molar-refractivity contribution in [3.05, 3.63) is 48.6 Å². The lowest BCUT2D eigenvalue weighted by atomic mass is 10.0. The van der Waals surface area contributed by atoms with E-state index < -0.39 is 18.2 Å². The summed E-state index contributed by atoms with van der Waals surface area (Å²) in [7, 11) is 0. The second-order valence-electron chi connectivity index (χ2n) is 16.5. The molecule has 0 aliphatic rings. The number of allylic oxidation sites excluding steroid dienone is 8. The number of ether oxygens (including phenoxy) is 1. The molecule has 0 aromatic rings. The number of amides is 1. The van der Waals surface area contributed by atoms with Crippen LogP contribution >= 0.6 is 0 Å². The number of carbonyl (C=O) groups excluding carboxylic acids is 2. The fraction of sp³-hybridized carbons (Fsp3) is 0.804. The van der Waals surface area contributed by atoms with Gasteiger partial charge in [0.1, 0.15) is 6.10 Å². The van der Waals surface area contributed by atoms with Crippen LogP contribution in [0.1, 0.15) is 239 Å². The maximum absolute atomic E-state index is 13.1. The first kappa shape index (κ1) is 54.8. The average Bonchev–Trinajstić information content (AvgIpc) is 3.20. The van der Waals surface area contributed by atoms with E-state index in [-0.39, 0.29) is 24.9 Å². The molecule has 0 saturated heterocycles. The SMILES string of the molecule is CC/C=C/C=C/C=C\CCCCCCCC(=O)OC(CCCCC/C=C\CCCC)CC(=O)NC(CO)C(O)CCCCCCCCCCCCCCCCCC. The van der Waals surface area contributed by atoms with Crippen LogP contribution in [0, 0.1) is 0 Å². The Balaban J connectivity index is 4.48. The number of carbonyl (C=O) groups is 2. The van der Waals surface area contributed by atoms with Crippen molar-refractivity contribution in [1.29, 1.82) is 0 Å². The maximum Gasteiger partial charge on any atom is 0.306 e. The van der Waals surface area contributed by atoms with Gasteiger partial charge in [0.2, 0.25) is 5.91 Å². The zero-order chi connectivity index (χ0) is 41.7. The number of rotatable bonds is 43. The van der Waals surface area contributed by atoms with Gasteiger partial charge in [-0.1, -0.05) is 211 Å². The third-order valence-electron chi connectivity index (χ3n) is 11.0. The summed E-state index contributed by atoms with van der Waals surface area (Å²) in [5.41, 5.74) is 0. The lowest BCUT2D eigenvalue weighted by molar-refractivity contribution is -0.151. The number of esters is 1. The van der Waals surface area contributed by atoms with Crippen molar-refractivity contribution in [2.45, 2.75) is 257 Å². The van der Waals surface area contributed by atoms with Crippen molar-refractivity contribution in [1.82, 2.24) is 5.32 Å².